The van der Waals surface area contributed by atoms with Gasteiger partial charge in [-0.3, -0.25) is 14.5 Å². The summed E-state index contributed by atoms with van der Waals surface area (Å²) in [4.78, 5) is 26.3. The highest BCUT2D eigenvalue weighted by atomic mass is 35.5. The Labute approximate surface area is 214 Å². The number of rotatable bonds is 5. The third-order valence-electron chi connectivity index (χ3n) is 5.60. The average molecular weight is 535 g/mol. The number of anilines is 1. The van der Waals surface area contributed by atoms with Gasteiger partial charge in [0.15, 0.2) is 10.1 Å². The molecule has 1 aromatic heterocycles. The molecule has 1 aliphatic heterocycles. The van der Waals surface area contributed by atoms with E-state index in [0.717, 1.165) is 11.8 Å². The number of benzene rings is 1. The maximum atomic E-state index is 13.5. The Hall–Kier alpha value is -2.58. The molecule has 0 bridgehead atoms. The van der Waals surface area contributed by atoms with Crippen molar-refractivity contribution in [1.29, 1.82) is 5.26 Å². The van der Waals surface area contributed by atoms with Crippen LogP contribution in [-0.2, 0) is 9.59 Å². The second kappa shape index (κ2) is 9.23. The molecule has 2 aliphatic rings. The van der Waals surface area contributed by atoms with Crippen LogP contribution in [0.15, 0.2) is 45.2 Å². The number of nitriles is 1. The van der Waals surface area contributed by atoms with Crippen LogP contribution in [0.1, 0.15) is 38.2 Å². The van der Waals surface area contributed by atoms with E-state index in [1.54, 1.807) is 23.1 Å². The van der Waals surface area contributed by atoms with E-state index in [4.69, 9.17) is 34.7 Å². The van der Waals surface area contributed by atoms with E-state index in [-0.39, 0.29) is 33.4 Å². The molecule has 0 saturated carbocycles. The van der Waals surface area contributed by atoms with Gasteiger partial charge in [0.2, 0.25) is 11.0 Å². The molecular formula is C22H20Cl2N6O2S2. The number of nitrogens with zero attached hydrogens (tertiary/aromatic N) is 4. The van der Waals surface area contributed by atoms with E-state index in [1.807, 2.05) is 13.8 Å². The number of hydrogen-bond donors (Lipinski definition) is 2. The van der Waals surface area contributed by atoms with Gasteiger partial charge < -0.3 is 11.5 Å². The van der Waals surface area contributed by atoms with Crippen molar-refractivity contribution in [1.82, 2.24) is 10.2 Å². The fraction of sp³-hybridized carbons (Fsp3) is 0.318. The lowest BCUT2D eigenvalue weighted by Gasteiger charge is -2.42. The second-order valence-electron chi connectivity index (χ2n) is 8.73. The Morgan fingerprint density at radius 2 is 2.09 bits per heavy atom. The van der Waals surface area contributed by atoms with Crippen molar-refractivity contribution < 1.29 is 9.59 Å². The lowest BCUT2D eigenvalue weighted by atomic mass is 9.68. The van der Waals surface area contributed by atoms with Crippen molar-refractivity contribution >= 4 is 63.1 Å². The first-order valence-electron chi connectivity index (χ1n) is 10.2. The van der Waals surface area contributed by atoms with E-state index >= 15 is 0 Å². The van der Waals surface area contributed by atoms with Gasteiger partial charge >= 0.3 is 0 Å². The molecule has 0 spiro atoms. The van der Waals surface area contributed by atoms with Crippen molar-refractivity contribution in [3.63, 3.8) is 0 Å². The molecule has 1 unspecified atom stereocenters. The fourth-order valence-corrected chi connectivity index (χ4v) is 6.30. The molecule has 8 nitrogen and oxygen atoms in total. The number of allylic oxidation sites excluding steroid dienone is 3. The highest BCUT2D eigenvalue weighted by molar-refractivity contribution is 8.01. The molecule has 4 rings (SSSR count). The molecule has 0 saturated heterocycles. The van der Waals surface area contributed by atoms with Crippen LogP contribution in [0.5, 0.6) is 0 Å². The molecular weight excluding hydrogens is 515 g/mol. The summed E-state index contributed by atoms with van der Waals surface area (Å²) in [5, 5.41) is 19.5. The van der Waals surface area contributed by atoms with E-state index in [0.29, 0.717) is 44.2 Å². The van der Waals surface area contributed by atoms with Crippen molar-refractivity contribution in [3.05, 3.63) is 56.5 Å². The lowest BCUT2D eigenvalue weighted by molar-refractivity contribution is -0.118. The monoisotopic (exact) mass is 534 g/mol. The molecule has 1 aromatic carbocycles. The largest absolute Gasteiger partial charge is 0.384 e. The maximum absolute atomic E-state index is 13.5. The number of Topliss-reactive ketones (excluding diaryl/α,β-unsaturated/α-hetero) is 1. The quantitative estimate of drug-likeness (QED) is 0.539. The van der Waals surface area contributed by atoms with Gasteiger partial charge in [0.1, 0.15) is 5.82 Å². The van der Waals surface area contributed by atoms with Crippen LogP contribution in [0.25, 0.3) is 0 Å². The summed E-state index contributed by atoms with van der Waals surface area (Å²) >= 11 is 15.2. The highest BCUT2D eigenvalue weighted by Gasteiger charge is 2.46. The van der Waals surface area contributed by atoms with Crippen LogP contribution >= 0.6 is 46.3 Å². The van der Waals surface area contributed by atoms with Gasteiger partial charge in [-0.2, -0.15) is 5.26 Å². The zero-order valence-electron chi connectivity index (χ0n) is 18.3. The minimum atomic E-state index is -0.748. The van der Waals surface area contributed by atoms with Crippen molar-refractivity contribution in [3.8, 4) is 6.07 Å². The van der Waals surface area contributed by atoms with Crippen molar-refractivity contribution in [2.24, 2.45) is 16.9 Å². The smallest absolute Gasteiger partial charge is 0.227 e. The van der Waals surface area contributed by atoms with Gasteiger partial charge in [-0.25, -0.2) is 0 Å². The Morgan fingerprint density at radius 1 is 1.35 bits per heavy atom. The molecule has 12 heteroatoms. The van der Waals surface area contributed by atoms with Crippen LogP contribution in [0, 0.1) is 16.7 Å². The molecule has 0 radical (unpaired) electrons. The SMILES string of the molecule is CC1(C)CC(=O)C2=C(C1)N(c1nnc(SCC(N)=O)s1)C(N)=C(C#N)C2c1cccc(Cl)c1Cl. The van der Waals surface area contributed by atoms with Crippen LogP contribution in [0.3, 0.4) is 0 Å². The number of primary amides is 1. The van der Waals surface area contributed by atoms with Crippen LogP contribution < -0.4 is 16.4 Å². The molecule has 1 aliphatic carbocycles. The van der Waals surface area contributed by atoms with E-state index in [9.17, 15) is 14.9 Å². The summed E-state index contributed by atoms with van der Waals surface area (Å²) < 4.78 is 0.517. The first kappa shape index (κ1) is 24.5. The molecule has 1 amide bonds. The number of hydrogen-bond acceptors (Lipinski definition) is 9. The summed E-state index contributed by atoms with van der Waals surface area (Å²) in [7, 11) is 0. The number of carbonyl (C=O) groups is 2. The molecule has 176 valence electrons. The minimum Gasteiger partial charge on any atom is -0.384 e. The van der Waals surface area contributed by atoms with E-state index in [1.165, 1.54) is 11.3 Å². The average Bonchev–Trinajstić information content (AvgIpc) is 3.21. The molecule has 4 N–H and O–H groups in total. The summed E-state index contributed by atoms with van der Waals surface area (Å²) in [5.41, 5.74) is 13.3. The predicted molar refractivity (Wildman–Crippen MR) is 133 cm³/mol. The number of ketones is 1. The lowest BCUT2D eigenvalue weighted by Crippen LogP contribution is -2.42. The number of halogens is 2. The fourth-order valence-electron chi connectivity index (χ4n) is 4.27. The molecule has 0 fully saturated rings. The van der Waals surface area contributed by atoms with Crippen LogP contribution in [0.2, 0.25) is 10.0 Å². The van der Waals surface area contributed by atoms with Crippen molar-refractivity contribution in [2.45, 2.75) is 36.9 Å². The minimum absolute atomic E-state index is 0.0538. The first-order valence-corrected chi connectivity index (χ1v) is 12.7. The Kier molecular flexibility index (Phi) is 6.66. The van der Waals surface area contributed by atoms with Gasteiger partial charge in [0.05, 0.1) is 33.4 Å². The second-order valence-corrected chi connectivity index (χ2v) is 11.7. The van der Waals surface area contributed by atoms with E-state index in [2.05, 4.69) is 16.3 Å². The zero-order valence-corrected chi connectivity index (χ0v) is 21.4. The molecule has 1 atom stereocenters. The van der Waals surface area contributed by atoms with Gasteiger partial charge in [-0.1, -0.05) is 72.3 Å². The predicted octanol–water partition coefficient (Wildman–Crippen LogP) is 4.36. The van der Waals surface area contributed by atoms with Gasteiger partial charge in [0, 0.05) is 17.7 Å². The number of nitrogens with two attached hydrogens (primary N) is 2. The number of amides is 1. The van der Waals surface area contributed by atoms with Crippen LogP contribution in [0.4, 0.5) is 5.13 Å². The van der Waals surface area contributed by atoms with Crippen LogP contribution in [-0.4, -0.2) is 27.6 Å². The summed E-state index contributed by atoms with van der Waals surface area (Å²) in [6.45, 7) is 4.00. The van der Waals surface area contributed by atoms with Gasteiger partial charge in [-0.05, 0) is 23.5 Å². The summed E-state index contributed by atoms with van der Waals surface area (Å²) in [6.07, 6.45) is 0.828. The summed E-state index contributed by atoms with van der Waals surface area (Å²) in [5.74, 6) is -1.11. The summed E-state index contributed by atoms with van der Waals surface area (Å²) in [6, 6.07) is 7.31. The highest BCUT2D eigenvalue weighted by Crippen LogP contribution is 2.52. The third-order valence-corrected chi connectivity index (χ3v) is 8.50. The topological polar surface area (TPSA) is 139 Å². The number of thioether (sulfide) groups is 1. The Bertz CT molecular complexity index is 1310. The molecule has 2 heterocycles. The van der Waals surface area contributed by atoms with E-state index < -0.39 is 11.8 Å². The zero-order chi connectivity index (χ0) is 24.8. The van der Waals surface area contributed by atoms with Gasteiger partial charge in [-0.15, -0.1) is 10.2 Å². The first-order chi connectivity index (χ1) is 16.0. The van der Waals surface area contributed by atoms with Gasteiger partial charge in [0.25, 0.3) is 0 Å². The normalized spacial score (nSPS) is 19.8. The maximum Gasteiger partial charge on any atom is 0.227 e. The molecule has 2 aromatic rings. The Balaban J connectivity index is 1.92. The number of aromatic nitrogens is 2. The molecule has 34 heavy (non-hydrogen) atoms. The van der Waals surface area contributed by atoms with Crippen molar-refractivity contribution in [2.75, 3.05) is 10.7 Å². The number of carbonyl (C=O) groups excluding carboxylic acids is 2. The third kappa shape index (κ3) is 4.41. The Morgan fingerprint density at radius 3 is 2.76 bits per heavy atom. The standard InChI is InChI=1S/C22H20Cl2N6O2S2/c1-22(2)6-13-17(14(31)7-22)16(10-4-3-5-12(23)18(10)24)11(8-25)19(27)30(13)20-28-29-21(34-20)33-9-15(26)32/h3-5,16H,6-7,9,27H2,1-2H3,(H2,26,32).